The number of rotatable bonds is 9. The van der Waals surface area contributed by atoms with Crippen molar-refractivity contribution in [2.24, 2.45) is 0 Å². The summed E-state index contributed by atoms with van der Waals surface area (Å²) in [4.78, 5) is 16.7. The SMILES string of the molecule is COc1ccc(-c2nc(NC(=O)CCNS(=O)(=O)c3ccc(C)cc3C)n[nH]2)c(OC)c1. The van der Waals surface area contributed by atoms with Crippen LogP contribution in [0, 0.1) is 13.8 Å². The molecule has 10 nitrogen and oxygen atoms in total. The van der Waals surface area contributed by atoms with Crippen LogP contribution in [-0.2, 0) is 14.8 Å². The van der Waals surface area contributed by atoms with Gasteiger partial charge in [0.1, 0.15) is 11.5 Å². The number of sulfonamides is 1. The number of aromatic nitrogens is 3. The minimum Gasteiger partial charge on any atom is -0.497 e. The molecule has 1 aromatic heterocycles. The van der Waals surface area contributed by atoms with E-state index in [1.807, 2.05) is 6.92 Å². The highest BCUT2D eigenvalue weighted by Gasteiger charge is 2.18. The summed E-state index contributed by atoms with van der Waals surface area (Å²) in [5, 5.41) is 9.27. The Morgan fingerprint density at radius 2 is 1.88 bits per heavy atom. The van der Waals surface area contributed by atoms with Crippen LogP contribution in [0.15, 0.2) is 41.3 Å². The van der Waals surface area contributed by atoms with Crippen molar-refractivity contribution >= 4 is 21.9 Å². The van der Waals surface area contributed by atoms with Crippen LogP contribution in [0.2, 0.25) is 0 Å². The van der Waals surface area contributed by atoms with Gasteiger partial charge in [-0.05, 0) is 37.6 Å². The topological polar surface area (TPSA) is 135 Å². The minimum absolute atomic E-state index is 0.0644. The Balaban J connectivity index is 1.59. The van der Waals surface area contributed by atoms with E-state index in [1.165, 1.54) is 7.11 Å². The number of benzene rings is 2. The summed E-state index contributed by atoms with van der Waals surface area (Å²) in [7, 11) is -0.635. The number of H-pyrrole nitrogens is 1. The van der Waals surface area contributed by atoms with Gasteiger partial charge in [0.25, 0.3) is 0 Å². The predicted molar refractivity (Wildman–Crippen MR) is 119 cm³/mol. The molecular weight excluding hydrogens is 434 g/mol. The van der Waals surface area contributed by atoms with Crippen molar-refractivity contribution in [3.8, 4) is 22.9 Å². The predicted octanol–water partition coefficient (Wildman–Crippen LogP) is 2.41. The number of nitrogens with zero attached hydrogens (tertiary/aromatic N) is 2. The Morgan fingerprint density at radius 1 is 1.09 bits per heavy atom. The molecule has 11 heteroatoms. The Morgan fingerprint density at radius 3 is 2.56 bits per heavy atom. The van der Waals surface area contributed by atoms with Gasteiger partial charge < -0.3 is 9.47 Å². The summed E-state index contributed by atoms with van der Waals surface area (Å²) in [6.45, 7) is 3.55. The highest BCUT2D eigenvalue weighted by Crippen LogP contribution is 2.31. The van der Waals surface area contributed by atoms with Gasteiger partial charge in [-0.25, -0.2) is 13.1 Å². The number of hydrogen-bond acceptors (Lipinski definition) is 7. The van der Waals surface area contributed by atoms with Crippen LogP contribution >= 0.6 is 0 Å². The van der Waals surface area contributed by atoms with Gasteiger partial charge in [-0.3, -0.25) is 15.2 Å². The Labute approximate surface area is 186 Å². The fourth-order valence-corrected chi connectivity index (χ4v) is 4.35. The number of anilines is 1. The Hall–Kier alpha value is -3.44. The quantitative estimate of drug-likeness (QED) is 0.447. The molecule has 0 radical (unpaired) electrons. The maximum atomic E-state index is 12.5. The first kappa shape index (κ1) is 23.2. The molecule has 32 heavy (non-hydrogen) atoms. The third kappa shape index (κ3) is 5.42. The zero-order valence-electron chi connectivity index (χ0n) is 18.2. The number of ether oxygens (including phenoxy) is 2. The van der Waals surface area contributed by atoms with E-state index in [2.05, 4.69) is 25.2 Å². The lowest BCUT2D eigenvalue weighted by molar-refractivity contribution is -0.116. The Kier molecular flexibility index (Phi) is 7.11. The molecule has 170 valence electrons. The average molecular weight is 460 g/mol. The van der Waals surface area contributed by atoms with E-state index in [4.69, 9.17) is 9.47 Å². The molecule has 1 amide bonds. The first-order valence-electron chi connectivity index (χ1n) is 9.75. The molecule has 2 aromatic carbocycles. The van der Waals surface area contributed by atoms with E-state index >= 15 is 0 Å². The maximum Gasteiger partial charge on any atom is 0.249 e. The van der Waals surface area contributed by atoms with Crippen LogP contribution in [0.25, 0.3) is 11.4 Å². The summed E-state index contributed by atoms with van der Waals surface area (Å²) in [6, 6.07) is 10.3. The van der Waals surface area contributed by atoms with Crippen LogP contribution in [0.1, 0.15) is 17.5 Å². The van der Waals surface area contributed by atoms with Gasteiger partial charge in [-0.2, -0.15) is 4.98 Å². The van der Waals surface area contributed by atoms with Crippen LogP contribution in [0.4, 0.5) is 5.95 Å². The molecule has 1 heterocycles. The van der Waals surface area contributed by atoms with Gasteiger partial charge in [-0.1, -0.05) is 17.7 Å². The largest absolute Gasteiger partial charge is 0.497 e. The zero-order valence-corrected chi connectivity index (χ0v) is 19.0. The summed E-state index contributed by atoms with van der Waals surface area (Å²) in [5.74, 6) is 1.19. The molecule has 0 saturated heterocycles. The second kappa shape index (κ2) is 9.79. The first-order valence-corrected chi connectivity index (χ1v) is 11.2. The third-order valence-corrected chi connectivity index (χ3v) is 6.29. The standard InChI is InChI=1S/C21H25N5O5S/c1-13-5-8-18(14(2)11-13)32(28,29)22-10-9-19(27)23-21-24-20(25-26-21)16-7-6-15(30-3)12-17(16)31-4/h5-8,11-12,22H,9-10H2,1-4H3,(H2,23,24,25,26,27). The van der Waals surface area contributed by atoms with Crippen LogP contribution in [0.5, 0.6) is 11.5 Å². The molecule has 0 fully saturated rings. The highest BCUT2D eigenvalue weighted by atomic mass is 32.2. The molecule has 0 aliphatic heterocycles. The van der Waals surface area contributed by atoms with Gasteiger partial charge in [0.2, 0.25) is 21.9 Å². The number of carbonyl (C=O) groups is 1. The fourth-order valence-electron chi connectivity index (χ4n) is 3.10. The van der Waals surface area contributed by atoms with Crippen molar-refractivity contribution in [2.45, 2.75) is 25.2 Å². The van der Waals surface area contributed by atoms with Crippen molar-refractivity contribution in [1.82, 2.24) is 19.9 Å². The molecule has 3 N–H and O–H groups in total. The van der Waals surface area contributed by atoms with Crippen molar-refractivity contribution in [2.75, 3.05) is 26.1 Å². The smallest absolute Gasteiger partial charge is 0.249 e. The molecule has 0 unspecified atom stereocenters. The summed E-state index contributed by atoms with van der Waals surface area (Å²) in [6.07, 6.45) is -0.0835. The van der Waals surface area contributed by atoms with Gasteiger partial charge in [-0.15, -0.1) is 5.10 Å². The lowest BCUT2D eigenvalue weighted by atomic mass is 10.2. The molecule has 0 aliphatic rings. The molecule has 0 saturated carbocycles. The van der Waals surface area contributed by atoms with E-state index < -0.39 is 15.9 Å². The van der Waals surface area contributed by atoms with E-state index in [1.54, 1.807) is 50.4 Å². The van der Waals surface area contributed by atoms with Crippen LogP contribution in [0.3, 0.4) is 0 Å². The molecule has 3 rings (SSSR count). The fraction of sp³-hybridized carbons (Fsp3) is 0.286. The molecular formula is C21H25N5O5S. The highest BCUT2D eigenvalue weighted by molar-refractivity contribution is 7.89. The number of hydrogen-bond donors (Lipinski definition) is 3. The lowest BCUT2D eigenvalue weighted by Gasteiger charge is -2.09. The maximum absolute atomic E-state index is 12.5. The number of aromatic amines is 1. The van der Waals surface area contributed by atoms with Gasteiger partial charge in [0.15, 0.2) is 5.82 Å². The molecule has 0 aliphatic carbocycles. The molecule has 0 atom stereocenters. The minimum atomic E-state index is -3.71. The van der Waals surface area contributed by atoms with E-state index in [0.717, 1.165) is 5.56 Å². The number of carbonyl (C=O) groups excluding carboxylic acids is 1. The van der Waals surface area contributed by atoms with Gasteiger partial charge in [0, 0.05) is 19.0 Å². The molecule has 0 spiro atoms. The summed E-state index contributed by atoms with van der Waals surface area (Å²) >= 11 is 0. The summed E-state index contributed by atoms with van der Waals surface area (Å²) < 4.78 is 37.9. The van der Waals surface area contributed by atoms with Gasteiger partial charge in [0.05, 0.1) is 24.7 Å². The molecule has 0 bridgehead atoms. The normalized spacial score (nSPS) is 11.2. The van der Waals surface area contributed by atoms with E-state index in [-0.39, 0.29) is 23.8 Å². The zero-order chi connectivity index (χ0) is 23.3. The van der Waals surface area contributed by atoms with E-state index in [0.29, 0.717) is 28.5 Å². The number of amides is 1. The average Bonchev–Trinajstić information content (AvgIpc) is 3.20. The monoisotopic (exact) mass is 459 g/mol. The van der Waals surface area contributed by atoms with Crippen molar-refractivity contribution in [3.63, 3.8) is 0 Å². The lowest BCUT2D eigenvalue weighted by Crippen LogP contribution is -2.28. The Bertz CT molecular complexity index is 1220. The van der Waals surface area contributed by atoms with Crippen molar-refractivity contribution in [3.05, 3.63) is 47.5 Å². The third-order valence-electron chi connectivity index (χ3n) is 4.66. The van der Waals surface area contributed by atoms with Crippen LogP contribution < -0.4 is 19.5 Å². The van der Waals surface area contributed by atoms with E-state index in [9.17, 15) is 13.2 Å². The second-order valence-electron chi connectivity index (χ2n) is 7.04. The van der Waals surface area contributed by atoms with Crippen molar-refractivity contribution in [1.29, 1.82) is 0 Å². The number of nitrogens with one attached hydrogen (secondary N) is 3. The number of methoxy groups -OCH3 is 2. The van der Waals surface area contributed by atoms with Gasteiger partial charge >= 0.3 is 0 Å². The van der Waals surface area contributed by atoms with Crippen LogP contribution in [-0.4, -0.2) is 50.3 Å². The number of aryl methyl sites for hydroxylation is 2. The molecule has 3 aromatic rings. The summed E-state index contributed by atoms with van der Waals surface area (Å²) in [5.41, 5.74) is 2.26. The van der Waals surface area contributed by atoms with Crippen molar-refractivity contribution < 1.29 is 22.7 Å². The second-order valence-corrected chi connectivity index (χ2v) is 8.77. The first-order chi connectivity index (χ1) is 15.2.